The van der Waals surface area contributed by atoms with Gasteiger partial charge in [-0.3, -0.25) is 9.52 Å². The standard InChI is InChI=1S/C13H17FN2O3S/c1-3-20(18,19)15-12-8-10(14)4-7-13(12)16(9(2)17)11-5-6-11/h4,7-8,11,15H,3,5-6H2,1-2H3. The van der Waals surface area contributed by atoms with Gasteiger partial charge in [0, 0.05) is 19.0 Å². The number of halogens is 1. The van der Waals surface area contributed by atoms with Crippen LogP contribution in [0, 0.1) is 5.82 Å². The van der Waals surface area contributed by atoms with E-state index in [0.717, 1.165) is 18.9 Å². The largest absolute Gasteiger partial charge is 0.308 e. The highest BCUT2D eigenvalue weighted by molar-refractivity contribution is 7.92. The van der Waals surface area contributed by atoms with Gasteiger partial charge >= 0.3 is 0 Å². The Hall–Kier alpha value is -1.63. The maximum atomic E-state index is 13.4. The molecule has 1 N–H and O–H groups in total. The first kappa shape index (κ1) is 14.8. The van der Waals surface area contributed by atoms with Crippen molar-refractivity contribution in [2.75, 3.05) is 15.4 Å². The topological polar surface area (TPSA) is 66.5 Å². The van der Waals surface area contributed by atoms with E-state index in [0.29, 0.717) is 5.69 Å². The summed E-state index contributed by atoms with van der Waals surface area (Å²) in [4.78, 5) is 13.3. The van der Waals surface area contributed by atoms with E-state index >= 15 is 0 Å². The molecule has 1 saturated carbocycles. The molecule has 2 rings (SSSR count). The van der Waals surface area contributed by atoms with Crippen molar-refractivity contribution in [3.63, 3.8) is 0 Å². The molecule has 0 aromatic heterocycles. The van der Waals surface area contributed by atoms with Gasteiger partial charge in [0.05, 0.1) is 17.1 Å². The highest BCUT2D eigenvalue weighted by atomic mass is 32.2. The van der Waals surface area contributed by atoms with Crippen LogP contribution in [0.3, 0.4) is 0 Å². The second-order valence-electron chi connectivity index (χ2n) is 4.79. The quantitative estimate of drug-likeness (QED) is 0.905. The number of amides is 1. The van der Waals surface area contributed by atoms with E-state index in [-0.39, 0.29) is 23.4 Å². The second-order valence-corrected chi connectivity index (χ2v) is 6.80. The lowest BCUT2D eigenvalue weighted by Gasteiger charge is -2.24. The van der Waals surface area contributed by atoms with E-state index in [4.69, 9.17) is 0 Å². The highest BCUT2D eigenvalue weighted by Gasteiger charge is 2.33. The van der Waals surface area contributed by atoms with E-state index < -0.39 is 15.8 Å². The molecule has 7 heteroatoms. The molecule has 0 saturated heterocycles. The summed E-state index contributed by atoms with van der Waals surface area (Å²) in [6.45, 7) is 2.91. The minimum absolute atomic E-state index is 0.0721. The molecule has 0 heterocycles. The lowest BCUT2D eigenvalue weighted by atomic mass is 10.2. The fourth-order valence-corrected chi connectivity index (χ4v) is 2.64. The lowest BCUT2D eigenvalue weighted by molar-refractivity contribution is -0.116. The van der Waals surface area contributed by atoms with Crippen molar-refractivity contribution in [2.45, 2.75) is 32.7 Å². The lowest BCUT2D eigenvalue weighted by Crippen LogP contribution is -2.32. The third kappa shape index (κ3) is 3.27. The van der Waals surface area contributed by atoms with Crippen molar-refractivity contribution in [1.29, 1.82) is 0 Å². The van der Waals surface area contributed by atoms with Gasteiger partial charge in [0.25, 0.3) is 0 Å². The van der Waals surface area contributed by atoms with E-state index in [1.165, 1.54) is 30.9 Å². The van der Waals surface area contributed by atoms with Gasteiger partial charge in [-0.1, -0.05) is 0 Å². The van der Waals surface area contributed by atoms with Crippen molar-refractivity contribution in [2.24, 2.45) is 0 Å². The molecule has 20 heavy (non-hydrogen) atoms. The average molecular weight is 300 g/mol. The smallest absolute Gasteiger partial charge is 0.232 e. The third-order valence-electron chi connectivity index (χ3n) is 3.11. The van der Waals surface area contributed by atoms with Crippen LogP contribution in [0.15, 0.2) is 18.2 Å². The molecule has 1 aliphatic rings. The summed E-state index contributed by atoms with van der Waals surface area (Å²) in [6.07, 6.45) is 1.74. The Bertz CT molecular complexity index is 627. The van der Waals surface area contributed by atoms with E-state index in [9.17, 15) is 17.6 Å². The molecule has 1 fully saturated rings. The number of hydrogen-bond donors (Lipinski definition) is 1. The third-order valence-corrected chi connectivity index (χ3v) is 4.41. The van der Waals surface area contributed by atoms with E-state index in [1.807, 2.05) is 0 Å². The first-order valence-corrected chi connectivity index (χ1v) is 8.09. The molecule has 0 radical (unpaired) electrons. The van der Waals surface area contributed by atoms with Gasteiger partial charge in [-0.05, 0) is 31.9 Å². The SMILES string of the molecule is CCS(=O)(=O)Nc1cc(F)ccc1N(C(C)=O)C1CC1. The monoisotopic (exact) mass is 300 g/mol. The number of sulfonamides is 1. The summed E-state index contributed by atoms with van der Waals surface area (Å²) in [5.74, 6) is -0.857. The Morgan fingerprint density at radius 2 is 2.10 bits per heavy atom. The zero-order chi connectivity index (χ0) is 14.9. The van der Waals surface area contributed by atoms with Gasteiger partial charge in [0.15, 0.2) is 0 Å². The van der Waals surface area contributed by atoms with Crippen molar-refractivity contribution in [1.82, 2.24) is 0 Å². The summed E-state index contributed by atoms with van der Waals surface area (Å²) in [6, 6.07) is 3.82. The minimum Gasteiger partial charge on any atom is -0.308 e. The summed E-state index contributed by atoms with van der Waals surface area (Å²) in [7, 11) is -3.53. The van der Waals surface area contributed by atoms with Gasteiger partial charge in [0.2, 0.25) is 15.9 Å². The number of hydrogen-bond acceptors (Lipinski definition) is 3. The number of carbonyl (C=O) groups is 1. The van der Waals surface area contributed by atoms with Crippen LogP contribution in [0.2, 0.25) is 0 Å². The van der Waals surface area contributed by atoms with Gasteiger partial charge in [0.1, 0.15) is 5.82 Å². The van der Waals surface area contributed by atoms with Crippen LogP contribution in [-0.4, -0.2) is 26.1 Å². The minimum atomic E-state index is -3.53. The fourth-order valence-electron chi connectivity index (χ4n) is 2.00. The molecule has 1 aliphatic carbocycles. The van der Waals surface area contributed by atoms with Gasteiger partial charge in [-0.15, -0.1) is 0 Å². The molecular weight excluding hydrogens is 283 g/mol. The maximum Gasteiger partial charge on any atom is 0.232 e. The van der Waals surface area contributed by atoms with E-state index in [2.05, 4.69) is 4.72 Å². The molecule has 0 aliphatic heterocycles. The number of nitrogens with zero attached hydrogens (tertiary/aromatic N) is 1. The van der Waals surface area contributed by atoms with Crippen LogP contribution in [0.5, 0.6) is 0 Å². The Morgan fingerprint density at radius 3 is 2.60 bits per heavy atom. The Labute approximate surface area is 117 Å². The molecule has 1 amide bonds. The molecule has 5 nitrogen and oxygen atoms in total. The summed E-state index contributed by atoms with van der Waals surface area (Å²) in [5, 5.41) is 0. The summed E-state index contributed by atoms with van der Waals surface area (Å²) < 4.78 is 39.0. The Balaban J connectivity index is 2.44. The molecule has 0 spiro atoms. The maximum absolute atomic E-state index is 13.4. The Morgan fingerprint density at radius 1 is 1.45 bits per heavy atom. The van der Waals surface area contributed by atoms with Crippen LogP contribution in [0.1, 0.15) is 26.7 Å². The van der Waals surface area contributed by atoms with Crippen LogP contribution >= 0.6 is 0 Å². The number of nitrogens with one attached hydrogen (secondary N) is 1. The van der Waals surface area contributed by atoms with Crippen molar-refractivity contribution < 1.29 is 17.6 Å². The summed E-state index contributed by atoms with van der Waals surface area (Å²) >= 11 is 0. The second kappa shape index (κ2) is 5.40. The number of anilines is 2. The number of carbonyl (C=O) groups excluding carboxylic acids is 1. The molecule has 0 atom stereocenters. The molecule has 0 bridgehead atoms. The van der Waals surface area contributed by atoms with Gasteiger partial charge in [-0.25, -0.2) is 12.8 Å². The van der Waals surface area contributed by atoms with Crippen LogP contribution < -0.4 is 9.62 Å². The van der Waals surface area contributed by atoms with E-state index in [1.54, 1.807) is 0 Å². The molecular formula is C13H17FN2O3S. The van der Waals surface area contributed by atoms with Crippen molar-refractivity contribution in [3.8, 4) is 0 Å². The zero-order valence-electron chi connectivity index (χ0n) is 11.4. The Kier molecular flexibility index (Phi) is 3.99. The summed E-state index contributed by atoms with van der Waals surface area (Å²) in [5.41, 5.74) is 0.507. The normalized spacial score (nSPS) is 14.9. The van der Waals surface area contributed by atoms with Crippen molar-refractivity contribution >= 4 is 27.3 Å². The van der Waals surface area contributed by atoms with Crippen LogP contribution in [0.4, 0.5) is 15.8 Å². The zero-order valence-corrected chi connectivity index (χ0v) is 12.2. The first-order chi connectivity index (χ1) is 9.34. The first-order valence-electron chi connectivity index (χ1n) is 6.44. The average Bonchev–Trinajstić information content (AvgIpc) is 3.16. The van der Waals surface area contributed by atoms with Crippen LogP contribution in [-0.2, 0) is 14.8 Å². The van der Waals surface area contributed by atoms with Gasteiger partial charge in [-0.2, -0.15) is 0 Å². The molecule has 1 aromatic carbocycles. The number of benzene rings is 1. The van der Waals surface area contributed by atoms with Crippen molar-refractivity contribution in [3.05, 3.63) is 24.0 Å². The predicted octanol–water partition coefficient (Wildman–Crippen LogP) is 2.10. The molecule has 1 aromatic rings. The highest BCUT2D eigenvalue weighted by Crippen LogP contribution is 2.36. The number of rotatable bonds is 5. The molecule has 0 unspecified atom stereocenters. The predicted molar refractivity (Wildman–Crippen MR) is 75.7 cm³/mol. The van der Waals surface area contributed by atoms with Gasteiger partial charge < -0.3 is 4.90 Å². The van der Waals surface area contributed by atoms with Crippen LogP contribution in [0.25, 0.3) is 0 Å². The molecule has 110 valence electrons. The fraction of sp³-hybridized carbons (Fsp3) is 0.462.